The summed E-state index contributed by atoms with van der Waals surface area (Å²) < 4.78 is 12.5. The van der Waals surface area contributed by atoms with Crippen LogP contribution in [-0.4, -0.2) is 31.5 Å². The van der Waals surface area contributed by atoms with E-state index in [1.807, 2.05) is 24.3 Å². The molecule has 7 nitrogen and oxygen atoms in total. The van der Waals surface area contributed by atoms with E-state index >= 15 is 0 Å². The minimum absolute atomic E-state index is 0.586. The molecule has 0 aliphatic rings. The molecule has 0 N–H and O–H groups in total. The van der Waals surface area contributed by atoms with Crippen molar-refractivity contribution in [3.05, 3.63) is 48.6 Å². The van der Waals surface area contributed by atoms with Gasteiger partial charge in [0.2, 0.25) is 5.89 Å². The number of aromatic nitrogens is 5. The smallest absolute Gasteiger partial charge is 0.226 e. The molecule has 2 aromatic heterocycles. The first kappa shape index (κ1) is 13.3. The lowest BCUT2D eigenvalue weighted by molar-refractivity contribution is 0.298. The van der Waals surface area contributed by atoms with Crippen LogP contribution in [0.2, 0.25) is 0 Å². The molecule has 3 aromatic rings. The fourth-order valence-electron chi connectivity index (χ4n) is 1.91. The highest BCUT2D eigenvalue weighted by Gasteiger charge is 2.03. The van der Waals surface area contributed by atoms with Crippen LogP contribution < -0.4 is 4.74 Å². The lowest BCUT2D eigenvalue weighted by atomic mass is 10.3. The summed E-state index contributed by atoms with van der Waals surface area (Å²) in [6.45, 7) is 2.39. The van der Waals surface area contributed by atoms with Crippen molar-refractivity contribution >= 4 is 0 Å². The van der Waals surface area contributed by atoms with Crippen LogP contribution in [0.4, 0.5) is 0 Å². The fourth-order valence-corrected chi connectivity index (χ4v) is 1.91. The Labute approximate surface area is 121 Å². The molecule has 3 rings (SSSR count). The number of rotatable bonds is 6. The Morgan fingerprint density at radius 3 is 3.05 bits per heavy atom. The van der Waals surface area contributed by atoms with E-state index in [1.165, 1.54) is 6.33 Å². The zero-order valence-electron chi connectivity index (χ0n) is 11.6. The van der Waals surface area contributed by atoms with Crippen LogP contribution in [0.25, 0.3) is 5.69 Å². The number of benzene rings is 1. The molecule has 0 radical (unpaired) electrons. The highest BCUT2D eigenvalue weighted by atomic mass is 16.5. The van der Waals surface area contributed by atoms with Crippen molar-refractivity contribution in [1.82, 2.24) is 24.9 Å². The fraction of sp³-hybridized carbons (Fsp3) is 0.286. The van der Waals surface area contributed by atoms with Crippen molar-refractivity contribution in [3.63, 3.8) is 0 Å². The van der Waals surface area contributed by atoms with Crippen molar-refractivity contribution in [1.29, 1.82) is 0 Å². The molecular weight excluding hydrogens is 270 g/mol. The molecule has 0 spiro atoms. The lowest BCUT2D eigenvalue weighted by Gasteiger charge is -2.07. The van der Waals surface area contributed by atoms with Crippen LogP contribution in [0, 0.1) is 6.92 Å². The predicted octanol–water partition coefficient (Wildman–Crippen LogP) is 1.97. The van der Waals surface area contributed by atoms with E-state index in [2.05, 4.69) is 20.2 Å². The van der Waals surface area contributed by atoms with Gasteiger partial charge in [-0.25, -0.2) is 9.67 Å². The van der Waals surface area contributed by atoms with Crippen molar-refractivity contribution in [2.24, 2.45) is 0 Å². The van der Waals surface area contributed by atoms with Gasteiger partial charge in [-0.05, 0) is 25.5 Å². The normalized spacial score (nSPS) is 10.7. The van der Waals surface area contributed by atoms with Crippen LogP contribution in [-0.2, 0) is 6.42 Å². The van der Waals surface area contributed by atoms with Crippen molar-refractivity contribution < 1.29 is 9.26 Å². The third kappa shape index (κ3) is 3.44. The third-order valence-electron chi connectivity index (χ3n) is 2.87. The van der Waals surface area contributed by atoms with Crippen molar-refractivity contribution in [3.8, 4) is 11.4 Å². The average molecular weight is 285 g/mol. The standard InChI is InChI=1S/C14H15N5O2/c1-11-17-14(21-18-11)6-3-7-20-13-5-2-4-12(8-13)19-10-15-9-16-19/h2,4-5,8-10H,3,6-7H2,1H3. The Morgan fingerprint density at radius 2 is 2.29 bits per heavy atom. The second-order valence-corrected chi connectivity index (χ2v) is 4.52. The predicted molar refractivity (Wildman–Crippen MR) is 74.2 cm³/mol. The van der Waals surface area contributed by atoms with E-state index in [1.54, 1.807) is 17.9 Å². The molecule has 0 amide bonds. The summed E-state index contributed by atoms with van der Waals surface area (Å²) in [6.07, 6.45) is 4.68. The summed E-state index contributed by atoms with van der Waals surface area (Å²) in [5.74, 6) is 2.10. The van der Waals surface area contributed by atoms with Crippen LogP contribution >= 0.6 is 0 Å². The molecule has 0 bridgehead atoms. The Morgan fingerprint density at radius 1 is 1.33 bits per heavy atom. The molecule has 1 aromatic carbocycles. The molecule has 0 atom stereocenters. The van der Waals surface area contributed by atoms with Gasteiger partial charge in [-0.2, -0.15) is 10.1 Å². The molecule has 0 saturated carbocycles. The maximum Gasteiger partial charge on any atom is 0.226 e. The molecule has 0 fully saturated rings. The van der Waals surface area contributed by atoms with Gasteiger partial charge in [0.1, 0.15) is 18.4 Å². The van der Waals surface area contributed by atoms with Gasteiger partial charge in [0.25, 0.3) is 0 Å². The van der Waals surface area contributed by atoms with Gasteiger partial charge in [0, 0.05) is 12.5 Å². The highest BCUT2D eigenvalue weighted by Crippen LogP contribution is 2.16. The van der Waals surface area contributed by atoms with E-state index in [9.17, 15) is 0 Å². The Bertz CT molecular complexity index is 693. The van der Waals surface area contributed by atoms with Crippen molar-refractivity contribution in [2.45, 2.75) is 19.8 Å². The Hall–Kier alpha value is -2.70. The summed E-state index contributed by atoms with van der Waals surface area (Å²) in [7, 11) is 0. The Kier molecular flexibility index (Phi) is 3.90. The zero-order valence-corrected chi connectivity index (χ0v) is 11.6. The number of ether oxygens (including phenoxy) is 1. The highest BCUT2D eigenvalue weighted by molar-refractivity contribution is 5.38. The van der Waals surface area contributed by atoms with Gasteiger partial charge in [-0.15, -0.1) is 0 Å². The van der Waals surface area contributed by atoms with Gasteiger partial charge < -0.3 is 9.26 Å². The molecule has 21 heavy (non-hydrogen) atoms. The van der Waals surface area contributed by atoms with E-state index < -0.39 is 0 Å². The summed E-state index contributed by atoms with van der Waals surface area (Å²) in [5.41, 5.74) is 0.914. The van der Waals surface area contributed by atoms with Crippen LogP contribution in [0.15, 0.2) is 41.4 Å². The lowest BCUT2D eigenvalue weighted by Crippen LogP contribution is -2.01. The number of hydrogen-bond acceptors (Lipinski definition) is 6. The third-order valence-corrected chi connectivity index (χ3v) is 2.87. The van der Waals surface area contributed by atoms with Crippen LogP contribution in [0.1, 0.15) is 18.1 Å². The maximum absolute atomic E-state index is 5.72. The molecule has 0 aliphatic heterocycles. The van der Waals surface area contributed by atoms with Gasteiger partial charge >= 0.3 is 0 Å². The van der Waals surface area contributed by atoms with Crippen LogP contribution in [0.3, 0.4) is 0 Å². The summed E-state index contributed by atoms with van der Waals surface area (Å²) in [6, 6.07) is 7.71. The van der Waals surface area contributed by atoms with E-state index in [-0.39, 0.29) is 0 Å². The minimum Gasteiger partial charge on any atom is -0.494 e. The first-order valence-corrected chi connectivity index (χ1v) is 6.68. The first-order chi connectivity index (χ1) is 10.3. The second-order valence-electron chi connectivity index (χ2n) is 4.52. The molecule has 2 heterocycles. The van der Waals surface area contributed by atoms with Gasteiger partial charge in [0.15, 0.2) is 5.82 Å². The zero-order chi connectivity index (χ0) is 14.5. The average Bonchev–Trinajstić information content (AvgIpc) is 3.16. The number of hydrogen-bond donors (Lipinski definition) is 0. The van der Waals surface area contributed by atoms with E-state index in [4.69, 9.17) is 9.26 Å². The minimum atomic E-state index is 0.586. The quantitative estimate of drug-likeness (QED) is 0.644. The molecule has 7 heteroatoms. The summed E-state index contributed by atoms with van der Waals surface area (Å²) in [4.78, 5) is 8.08. The Balaban J connectivity index is 1.52. The van der Waals surface area contributed by atoms with E-state index in [0.29, 0.717) is 24.7 Å². The first-order valence-electron chi connectivity index (χ1n) is 6.68. The topological polar surface area (TPSA) is 78.9 Å². The monoisotopic (exact) mass is 285 g/mol. The van der Waals surface area contributed by atoms with Gasteiger partial charge in [-0.1, -0.05) is 11.2 Å². The molecule has 0 unspecified atom stereocenters. The molecule has 108 valence electrons. The molecule has 0 saturated heterocycles. The van der Waals surface area contributed by atoms with Gasteiger partial charge in [0.05, 0.1) is 12.3 Å². The summed E-state index contributed by atoms with van der Waals surface area (Å²) in [5, 5.41) is 7.84. The summed E-state index contributed by atoms with van der Waals surface area (Å²) >= 11 is 0. The van der Waals surface area contributed by atoms with E-state index in [0.717, 1.165) is 17.9 Å². The van der Waals surface area contributed by atoms with Crippen LogP contribution in [0.5, 0.6) is 5.75 Å². The number of aryl methyl sites for hydroxylation is 2. The molecule has 0 aliphatic carbocycles. The largest absolute Gasteiger partial charge is 0.494 e. The van der Waals surface area contributed by atoms with Crippen molar-refractivity contribution in [2.75, 3.05) is 6.61 Å². The second kappa shape index (κ2) is 6.17. The molecular formula is C14H15N5O2. The number of nitrogens with zero attached hydrogens (tertiary/aromatic N) is 5. The van der Waals surface area contributed by atoms with Gasteiger partial charge in [-0.3, -0.25) is 0 Å². The maximum atomic E-state index is 5.72. The SMILES string of the molecule is Cc1noc(CCCOc2cccc(-n3cncn3)c2)n1.